The third kappa shape index (κ3) is 5.26. The fraction of sp³-hybridized carbons (Fsp3) is 0.583. The van der Waals surface area contributed by atoms with Gasteiger partial charge in [-0.3, -0.25) is 9.69 Å². The van der Waals surface area contributed by atoms with Crippen molar-refractivity contribution in [3.63, 3.8) is 0 Å². The van der Waals surface area contributed by atoms with Crippen molar-refractivity contribution in [1.29, 1.82) is 0 Å². The van der Waals surface area contributed by atoms with Gasteiger partial charge < -0.3 is 4.90 Å². The van der Waals surface area contributed by atoms with Crippen molar-refractivity contribution in [3.8, 4) is 0 Å². The number of nitrogens with zero attached hydrogens (tertiary/aromatic N) is 3. The molecule has 0 unspecified atom stereocenters. The van der Waals surface area contributed by atoms with Gasteiger partial charge in [-0.25, -0.2) is 4.98 Å². The monoisotopic (exact) mass is 411 g/mol. The van der Waals surface area contributed by atoms with Crippen molar-refractivity contribution in [2.75, 3.05) is 26.2 Å². The second kappa shape index (κ2) is 9.40. The zero-order chi connectivity index (χ0) is 20.2. The van der Waals surface area contributed by atoms with Crippen LogP contribution in [0.4, 0.5) is 0 Å². The first-order chi connectivity index (χ1) is 14.1. The van der Waals surface area contributed by atoms with Crippen molar-refractivity contribution in [2.24, 2.45) is 5.92 Å². The van der Waals surface area contributed by atoms with E-state index in [1.165, 1.54) is 54.8 Å². The second-order valence-electron chi connectivity index (χ2n) is 8.74. The molecule has 2 aromatic rings. The normalized spacial score (nSPS) is 18.9. The van der Waals surface area contributed by atoms with Gasteiger partial charge >= 0.3 is 0 Å². The molecule has 2 aliphatic heterocycles. The first kappa shape index (κ1) is 20.5. The quantitative estimate of drug-likeness (QED) is 0.706. The number of thiazole rings is 1. The highest BCUT2D eigenvalue weighted by Gasteiger charge is 2.26. The molecule has 0 spiro atoms. The van der Waals surface area contributed by atoms with Crippen LogP contribution in [-0.4, -0.2) is 46.9 Å². The van der Waals surface area contributed by atoms with E-state index in [1.54, 1.807) is 0 Å². The molecule has 2 aliphatic rings. The Morgan fingerprint density at radius 2 is 1.66 bits per heavy atom. The molecule has 0 atom stereocenters. The van der Waals surface area contributed by atoms with Crippen LogP contribution in [0.5, 0.6) is 0 Å². The van der Waals surface area contributed by atoms with Crippen LogP contribution in [0.2, 0.25) is 0 Å². The average Bonchev–Trinajstić information content (AvgIpc) is 3.08. The zero-order valence-electron chi connectivity index (χ0n) is 17.8. The minimum absolute atomic E-state index is 0.175. The summed E-state index contributed by atoms with van der Waals surface area (Å²) in [7, 11) is 0. The Balaban J connectivity index is 1.26. The third-order valence-electron chi connectivity index (χ3n) is 6.40. The van der Waals surface area contributed by atoms with Crippen molar-refractivity contribution >= 4 is 17.2 Å². The van der Waals surface area contributed by atoms with E-state index in [0.29, 0.717) is 5.92 Å². The van der Waals surface area contributed by atoms with Crippen LogP contribution < -0.4 is 0 Å². The molecule has 0 aliphatic carbocycles. The number of likely N-dealkylation sites (tertiary alicyclic amines) is 2. The largest absolute Gasteiger partial charge is 0.338 e. The summed E-state index contributed by atoms with van der Waals surface area (Å²) in [5.74, 6) is 0.852. The molecule has 4 nitrogen and oxygen atoms in total. The second-order valence-corrected chi connectivity index (χ2v) is 9.94. The number of carbonyl (C=O) groups excluding carboxylic acids is 1. The van der Waals surface area contributed by atoms with Crippen LogP contribution in [0.25, 0.3) is 0 Å². The first-order valence-electron chi connectivity index (χ1n) is 11.1. The molecule has 1 aromatic heterocycles. The minimum Gasteiger partial charge on any atom is -0.338 e. The van der Waals surface area contributed by atoms with Gasteiger partial charge in [-0.15, -0.1) is 11.3 Å². The Kier molecular flexibility index (Phi) is 6.66. The predicted octanol–water partition coefficient (Wildman–Crippen LogP) is 4.84. The Hall–Kier alpha value is -1.72. The first-order valence-corrected chi connectivity index (χ1v) is 11.9. The molecule has 29 heavy (non-hydrogen) atoms. The molecule has 0 radical (unpaired) electrons. The van der Waals surface area contributed by atoms with Gasteiger partial charge in [0, 0.05) is 19.6 Å². The number of piperidine rings is 2. The van der Waals surface area contributed by atoms with E-state index in [1.807, 2.05) is 18.7 Å². The summed E-state index contributed by atoms with van der Waals surface area (Å²) in [6.45, 7) is 9.24. The molecular formula is C24H33N3OS. The summed E-state index contributed by atoms with van der Waals surface area (Å²) in [4.78, 5) is 22.6. The summed E-state index contributed by atoms with van der Waals surface area (Å²) in [6.07, 6.45) is 7.41. The standard InChI is InChI=1S/C24H33N3OS/c1-18-23(29-19(2)25-18)24(28)27-14-10-21(11-15-27)16-20-6-8-22(9-7-20)17-26-12-4-3-5-13-26/h6-9,21H,3-5,10-17H2,1-2H3. The lowest BCUT2D eigenvalue weighted by Crippen LogP contribution is -2.38. The Labute approximate surface area is 178 Å². The molecule has 2 saturated heterocycles. The van der Waals surface area contributed by atoms with Gasteiger partial charge in [0.1, 0.15) is 4.88 Å². The van der Waals surface area contributed by atoms with E-state index in [4.69, 9.17) is 0 Å². The zero-order valence-corrected chi connectivity index (χ0v) is 18.6. The van der Waals surface area contributed by atoms with Gasteiger partial charge in [-0.2, -0.15) is 0 Å². The molecular weight excluding hydrogens is 378 g/mol. The van der Waals surface area contributed by atoms with E-state index in [9.17, 15) is 4.79 Å². The SMILES string of the molecule is Cc1nc(C)c(C(=O)N2CCC(Cc3ccc(CN4CCCCC4)cc3)CC2)s1. The molecule has 0 N–H and O–H groups in total. The van der Waals surface area contributed by atoms with E-state index in [0.717, 1.165) is 54.5 Å². The van der Waals surface area contributed by atoms with Crippen molar-refractivity contribution in [3.05, 3.63) is 51.0 Å². The van der Waals surface area contributed by atoms with Crippen LogP contribution in [0.3, 0.4) is 0 Å². The van der Waals surface area contributed by atoms with Crippen LogP contribution in [-0.2, 0) is 13.0 Å². The van der Waals surface area contributed by atoms with E-state index >= 15 is 0 Å². The number of hydrogen-bond acceptors (Lipinski definition) is 4. The number of aryl methyl sites for hydroxylation is 2. The highest BCUT2D eigenvalue weighted by Crippen LogP contribution is 2.26. The molecule has 156 valence electrons. The van der Waals surface area contributed by atoms with E-state index in [2.05, 4.69) is 34.1 Å². The van der Waals surface area contributed by atoms with Crippen molar-refractivity contribution in [2.45, 2.75) is 58.9 Å². The van der Waals surface area contributed by atoms with Crippen LogP contribution in [0.15, 0.2) is 24.3 Å². The highest BCUT2D eigenvalue weighted by molar-refractivity contribution is 7.13. The average molecular weight is 412 g/mol. The van der Waals surface area contributed by atoms with E-state index in [-0.39, 0.29) is 5.91 Å². The smallest absolute Gasteiger partial charge is 0.265 e. The van der Waals surface area contributed by atoms with Gasteiger partial charge in [0.25, 0.3) is 5.91 Å². The fourth-order valence-electron chi connectivity index (χ4n) is 4.70. The summed E-state index contributed by atoms with van der Waals surface area (Å²) in [6, 6.07) is 9.27. The number of rotatable bonds is 5. The lowest BCUT2D eigenvalue weighted by molar-refractivity contribution is 0.0694. The fourth-order valence-corrected chi connectivity index (χ4v) is 5.59. The molecule has 0 saturated carbocycles. The van der Waals surface area contributed by atoms with Crippen LogP contribution in [0.1, 0.15) is 63.6 Å². The number of carbonyl (C=O) groups is 1. The van der Waals surface area contributed by atoms with Gasteiger partial charge in [0.2, 0.25) is 0 Å². The molecule has 4 rings (SSSR count). The number of benzene rings is 1. The van der Waals surface area contributed by atoms with Gasteiger partial charge in [-0.1, -0.05) is 30.7 Å². The van der Waals surface area contributed by atoms with Crippen molar-refractivity contribution < 1.29 is 4.79 Å². The van der Waals surface area contributed by atoms with Crippen LogP contribution >= 0.6 is 11.3 Å². The highest BCUT2D eigenvalue weighted by atomic mass is 32.1. The Morgan fingerprint density at radius 1 is 1.00 bits per heavy atom. The minimum atomic E-state index is 0.175. The van der Waals surface area contributed by atoms with Crippen LogP contribution in [0, 0.1) is 19.8 Å². The number of aromatic nitrogens is 1. The number of amides is 1. The molecule has 2 fully saturated rings. The lowest BCUT2D eigenvalue weighted by Gasteiger charge is -2.32. The molecule has 1 aromatic carbocycles. The summed E-state index contributed by atoms with van der Waals surface area (Å²) >= 11 is 1.53. The van der Waals surface area contributed by atoms with Gasteiger partial charge in [0.15, 0.2) is 0 Å². The molecule has 1 amide bonds. The lowest BCUT2D eigenvalue weighted by atomic mass is 9.90. The molecule has 3 heterocycles. The maximum Gasteiger partial charge on any atom is 0.265 e. The number of hydrogen-bond donors (Lipinski definition) is 0. The maximum absolute atomic E-state index is 12.8. The summed E-state index contributed by atoms with van der Waals surface area (Å²) < 4.78 is 0. The third-order valence-corrected chi connectivity index (χ3v) is 7.46. The molecule has 5 heteroatoms. The molecule has 0 bridgehead atoms. The topological polar surface area (TPSA) is 36.4 Å². The summed E-state index contributed by atoms with van der Waals surface area (Å²) in [5, 5.41) is 0.976. The Morgan fingerprint density at radius 3 is 2.28 bits per heavy atom. The van der Waals surface area contributed by atoms with E-state index < -0.39 is 0 Å². The van der Waals surface area contributed by atoms with Crippen molar-refractivity contribution in [1.82, 2.24) is 14.8 Å². The van der Waals surface area contributed by atoms with Gasteiger partial charge in [-0.05, 0) is 76.1 Å². The summed E-state index contributed by atoms with van der Waals surface area (Å²) in [5.41, 5.74) is 3.75. The maximum atomic E-state index is 12.8. The Bertz CT molecular complexity index is 815. The van der Waals surface area contributed by atoms with Gasteiger partial charge in [0.05, 0.1) is 10.7 Å². The predicted molar refractivity (Wildman–Crippen MR) is 119 cm³/mol.